The van der Waals surface area contributed by atoms with Crippen molar-refractivity contribution < 1.29 is 5.11 Å². The Kier molecular flexibility index (Phi) is 6.20. The lowest BCUT2D eigenvalue weighted by Gasteiger charge is -2.23. The van der Waals surface area contributed by atoms with Crippen molar-refractivity contribution in [2.45, 2.75) is 64.1 Å². The summed E-state index contributed by atoms with van der Waals surface area (Å²) in [5, 5.41) is 17.2. The highest BCUT2D eigenvalue weighted by Gasteiger charge is 2.21. The van der Waals surface area contributed by atoms with Crippen molar-refractivity contribution in [2.24, 2.45) is 0 Å². The zero-order valence-electron chi connectivity index (χ0n) is 18.0. The molecule has 0 atom stereocenters. The highest BCUT2D eigenvalue weighted by atomic mass is 35.5. The maximum absolute atomic E-state index is 10.1. The SMILES string of the molecule is CC(C)(O)CNc1nc(NCc2cccc(Cl)c2N)c2ncn(C3CCCCC3)c2n1. The molecule has 166 valence electrons. The lowest BCUT2D eigenvalue weighted by atomic mass is 9.95. The Labute approximate surface area is 187 Å². The average Bonchev–Trinajstić information content (AvgIpc) is 3.17. The fourth-order valence-electron chi connectivity index (χ4n) is 3.96. The van der Waals surface area contributed by atoms with Crippen LogP contribution in [0.25, 0.3) is 11.2 Å². The van der Waals surface area contributed by atoms with Crippen LogP contribution in [0, 0.1) is 0 Å². The summed E-state index contributed by atoms with van der Waals surface area (Å²) in [5.41, 5.74) is 8.19. The number of hydrogen-bond acceptors (Lipinski definition) is 7. The number of nitrogen functional groups attached to an aromatic ring is 1. The maximum Gasteiger partial charge on any atom is 0.226 e. The Balaban J connectivity index is 1.68. The minimum atomic E-state index is -0.884. The Hall–Kier alpha value is -2.58. The van der Waals surface area contributed by atoms with E-state index in [9.17, 15) is 5.11 Å². The van der Waals surface area contributed by atoms with E-state index in [0.29, 0.717) is 41.6 Å². The van der Waals surface area contributed by atoms with Gasteiger partial charge in [0, 0.05) is 19.1 Å². The highest BCUT2D eigenvalue weighted by Crippen LogP contribution is 2.32. The summed E-state index contributed by atoms with van der Waals surface area (Å²) in [6, 6.07) is 5.97. The van der Waals surface area contributed by atoms with Crippen LogP contribution in [0.15, 0.2) is 24.5 Å². The first-order chi connectivity index (χ1) is 14.8. The number of imidazole rings is 1. The van der Waals surface area contributed by atoms with E-state index in [-0.39, 0.29) is 0 Å². The van der Waals surface area contributed by atoms with Crippen LogP contribution in [0.5, 0.6) is 0 Å². The van der Waals surface area contributed by atoms with Crippen LogP contribution in [-0.2, 0) is 6.54 Å². The van der Waals surface area contributed by atoms with E-state index in [4.69, 9.17) is 22.3 Å². The molecular weight excluding hydrogens is 414 g/mol. The predicted octanol–water partition coefficient (Wildman–Crippen LogP) is 4.36. The first-order valence-electron chi connectivity index (χ1n) is 10.8. The van der Waals surface area contributed by atoms with Gasteiger partial charge < -0.3 is 26.0 Å². The van der Waals surface area contributed by atoms with Crippen molar-refractivity contribution in [3.63, 3.8) is 0 Å². The van der Waals surface area contributed by atoms with Gasteiger partial charge in [-0.15, -0.1) is 0 Å². The number of benzene rings is 1. The Morgan fingerprint density at radius 3 is 2.71 bits per heavy atom. The van der Waals surface area contributed by atoms with Crippen molar-refractivity contribution in [1.29, 1.82) is 0 Å². The highest BCUT2D eigenvalue weighted by molar-refractivity contribution is 6.33. The molecule has 2 heterocycles. The van der Waals surface area contributed by atoms with Crippen LogP contribution in [0.3, 0.4) is 0 Å². The quantitative estimate of drug-likeness (QED) is 0.401. The van der Waals surface area contributed by atoms with Gasteiger partial charge in [0.05, 0.1) is 22.6 Å². The molecule has 0 saturated heterocycles. The normalized spacial score (nSPS) is 15.4. The zero-order chi connectivity index (χ0) is 22.0. The number of anilines is 3. The van der Waals surface area contributed by atoms with Gasteiger partial charge in [-0.05, 0) is 38.3 Å². The fourth-order valence-corrected chi connectivity index (χ4v) is 4.15. The molecule has 0 unspecified atom stereocenters. The van der Waals surface area contributed by atoms with Crippen molar-refractivity contribution >= 4 is 40.2 Å². The molecule has 2 aromatic heterocycles. The molecule has 8 nitrogen and oxygen atoms in total. The number of aliphatic hydroxyl groups is 1. The minimum absolute atomic E-state index is 0.330. The summed E-state index contributed by atoms with van der Waals surface area (Å²) in [4.78, 5) is 14.0. The van der Waals surface area contributed by atoms with E-state index in [1.54, 1.807) is 19.9 Å². The van der Waals surface area contributed by atoms with Crippen molar-refractivity contribution in [2.75, 3.05) is 22.9 Å². The van der Waals surface area contributed by atoms with E-state index < -0.39 is 5.60 Å². The molecule has 1 saturated carbocycles. The summed E-state index contributed by atoms with van der Waals surface area (Å²) in [5.74, 6) is 1.07. The second-order valence-corrected chi connectivity index (χ2v) is 9.25. The van der Waals surface area contributed by atoms with Crippen LogP contribution in [-0.4, -0.2) is 36.8 Å². The van der Waals surface area contributed by atoms with Gasteiger partial charge in [0.1, 0.15) is 0 Å². The molecule has 1 fully saturated rings. The smallest absolute Gasteiger partial charge is 0.226 e. The number of nitrogens with zero attached hydrogens (tertiary/aromatic N) is 4. The molecule has 0 radical (unpaired) electrons. The summed E-state index contributed by atoms with van der Waals surface area (Å²) in [7, 11) is 0. The van der Waals surface area contributed by atoms with E-state index >= 15 is 0 Å². The summed E-state index contributed by atoms with van der Waals surface area (Å²) in [6.45, 7) is 4.27. The van der Waals surface area contributed by atoms with Gasteiger partial charge >= 0.3 is 0 Å². The van der Waals surface area contributed by atoms with Gasteiger partial charge in [-0.25, -0.2) is 4.98 Å². The first-order valence-corrected chi connectivity index (χ1v) is 11.2. The van der Waals surface area contributed by atoms with Crippen molar-refractivity contribution in [3.8, 4) is 0 Å². The van der Waals surface area contributed by atoms with Crippen molar-refractivity contribution in [3.05, 3.63) is 35.1 Å². The van der Waals surface area contributed by atoms with E-state index in [1.807, 2.05) is 18.5 Å². The number of nitrogens with one attached hydrogen (secondary N) is 2. The monoisotopic (exact) mass is 443 g/mol. The number of aromatic nitrogens is 4. The zero-order valence-corrected chi connectivity index (χ0v) is 18.8. The summed E-state index contributed by atoms with van der Waals surface area (Å²) in [6.07, 6.45) is 7.85. The summed E-state index contributed by atoms with van der Waals surface area (Å²) >= 11 is 6.16. The van der Waals surface area contributed by atoms with E-state index in [0.717, 1.165) is 29.6 Å². The van der Waals surface area contributed by atoms with Gasteiger partial charge in [0.2, 0.25) is 5.95 Å². The number of nitrogens with two attached hydrogens (primary N) is 1. The second kappa shape index (κ2) is 8.88. The van der Waals surface area contributed by atoms with Crippen LogP contribution in [0.4, 0.5) is 17.5 Å². The van der Waals surface area contributed by atoms with E-state index in [1.165, 1.54) is 19.3 Å². The van der Waals surface area contributed by atoms with Gasteiger partial charge in [-0.2, -0.15) is 9.97 Å². The number of rotatable bonds is 7. The minimum Gasteiger partial charge on any atom is -0.397 e. The second-order valence-electron chi connectivity index (χ2n) is 8.84. The van der Waals surface area contributed by atoms with Gasteiger partial charge in [-0.1, -0.05) is 43.0 Å². The third kappa shape index (κ3) is 5.02. The third-order valence-electron chi connectivity index (χ3n) is 5.66. The average molecular weight is 444 g/mol. The number of halogens is 1. The third-order valence-corrected chi connectivity index (χ3v) is 5.99. The van der Waals surface area contributed by atoms with Gasteiger partial charge in [-0.3, -0.25) is 0 Å². The summed E-state index contributed by atoms with van der Waals surface area (Å²) < 4.78 is 2.17. The van der Waals surface area contributed by atoms with Crippen LogP contribution in [0.2, 0.25) is 5.02 Å². The van der Waals surface area contributed by atoms with Crippen LogP contribution >= 0.6 is 11.6 Å². The molecule has 4 rings (SSSR count). The molecule has 5 N–H and O–H groups in total. The topological polar surface area (TPSA) is 114 Å². The van der Waals surface area contributed by atoms with Crippen molar-refractivity contribution in [1.82, 2.24) is 19.5 Å². The van der Waals surface area contributed by atoms with Crippen LogP contribution in [0.1, 0.15) is 57.6 Å². The molecule has 1 aromatic carbocycles. The molecule has 0 spiro atoms. The standard InChI is InChI=1S/C22H30ClN7O/c1-22(2,31)12-26-21-28-19(25-11-14-7-6-10-16(23)17(14)24)18-20(29-21)30(13-27-18)15-8-4-3-5-9-15/h6-7,10,13,15,31H,3-5,8-9,11-12,24H2,1-2H3,(H2,25,26,28,29). The lowest BCUT2D eigenvalue weighted by molar-refractivity contribution is 0.0943. The molecule has 31 heavy (non-hydrogen) atoms. The first kappa shape index (κ1) is 21.6. The Morgan fingerprint density at radius 2 is 1.97 bits per heavy atom. The molecule has 0 amide bonds. The molecular formula is C22H30ClN7O. The van der Waals surface area contributed by atoms with Gasteiger partial charge in [0.15, 0.2) is 17.0 Å². The maximum atomic E-state index is 10.1. The molecule has 9 heteroatoms. The molecule has 3 aromatic rings. The molecule has 0 bridgehead atoms. The Bertz CT molecular complexity index is 1050. The fraction of sp³-hybridized carbons (Fsp3) is 0.500. The van der Waals surface area contributed by atoms with E-state index in [2.05, 4.69) is 25.2 Å². The predicted molar refractivity (Wildman–Crippen MR) is 125 cm³/mol. The largest absolute Gasteiger partial charge is 0.397 e. The number of hydrogen-bond donors (Lipinski definition) is 4. The Morgan fingerprint density at radius 1 is 1.19 bits per heavy atom. The molecule has 1 aliphatic carbocycles. The number of para-hydroxylation sites is 1. The molecule has 0 aliphatic heterocycles. The van der Waals surface area contributed by atoms with Gasteiger partial charge in [0.25, 0.3) is 0 Å². The lowest BCUT2D eigenvalue weighted by Crippen LogP contribution is -2.30. The number of fused-ring (bicyclic) bond motifs is 1. The molecule has 1 aliphatic rings. The van der Waals surface area contributed by atoms with Crippen LogP contribution < -0.4 is 16.4 Å².